The van der Waals surface area contributed by atoms with Gasteiger partial charge in [-0.3, -0.25) is 9.67 Å². The molecule has 0 fully saturated rings. The van der Waals surface area contributed by atoms with Crippen LogP contribution in [0.15, 0.2) is 24.7 Å². The summed E-state index contributed by atoms with van der Waals surface area (Å²) in [5.74, 6) is 0. The molecule has 5 heteroatoms. The van der Waals surface area contributed by atoms with Crippen molar-refractivity contribution in [3.63, 3.8) is 0 Å². The Morgan fingerprint density at radius 1 is 1.35 bits per heavy atom. The third kappa shape index (κ3) is 2.45. The molecule has 0 spiro atoms. The monoisotopic (exact) mass is 232 g/mol. The van der Waals surface area contributed by atoms with Gasteiger partial charge in [-0.1, -0.05) is 0 Å². The average molecular weight is 232 g/mol. The van der Waals surface area contributed by atoms with Crippen molar-refractivity contribution >= 4 is 5.69 Å². The van der Waals surface area contributed by atoms with Gasteiger partial charge >= 0.3 is 0 Å². The zero-order chi connectivity index (χ0) is 12.3. The average Bonchev–Trinajstić information content (AvgIpc) is 2.68. The lowest BCUT2D eigenvalue weighted by Crippen LogP contribution is -2.04. The number of nitrogens with one attached hydrogen (secondary N) is 1. The second-order valence-electron chi connectivity index (χ2n) is 3.92. The first-order chi connectivity index (χ1) is 8.22. The number of pyridine rings is 1. The number of hydrogen-bond donors (Lipinski definition) is 2. The SMILES string of the molecule is Cc1c(CNc2cnccc2CO)cnn1C. The lowest BCUT2D eigenvalue weighted by molar-refractivity contribution is 0.282. The van der Waals surface area contributed by atoms with Gasteiger partial charge in [0.05, 0.1) is 24.7 Å². The Morgan fingerprint density at radius 3 is 2.82 bits per heavy atom. The lowest BCUT2D eigenvalue weighted by Gasteiger charge is -2.09. The minimum atomic E-state index is 0.0108. The Hall–Kier alpha value is -1.88. The molecule has 0 bridgehead atoms. The Bertz CT molecular complexity index is 507. The van der Waals surface area contributed by atoms with Crippen LogP contribution >= 0.6 is 0 Å². The summed E-state index contributed by atoms with van der Waals surface area (Å²) in [6, 6.07) is 1.80. The van der Waals surface area contributed by atoms with Gasteiger partial charge in [-0.15, -0.1) is 0 Å². The van der Waals surface area contributed by atoms with Crippen LogP contribution in [-0.2, 0) is 20.2 Å². The first kappa shape index (κ1) is 11.6. The fraction of sp³-hybridized carbons (Fsp3) is 0.333. The van der Waals surface area contributed by atoms with E-state index >= 15 is 0 Å². The molecule has 0 aliphatic rings. The molecule has 0 aliphatic carbocycles. The Morgan fingerprint density at radius 2 is 2.18 bits per heavy atom. The van der Waals surface area contributed by atoms with Crippen molar-refractivity contribution in [3.8, 4) is 0 Å². The molecule has 2 aromatic rings. The predicted octanol–water partition coefficient (Wildman–Crippen LogP) is 1.23. The number of aryl methyl sites for hydroxylation is 1. The van der Waals surface area contributed by atoms with Crippen molar-refractivity contribution in [3.05, 3.63) is 41.5 Å². The van der Waals surface area contributed by atoms with E-state index in [2.05, 4.69) is 15.4 Å². The number of rotatable bonds is 4. The third-order valence-electron chi connectivity index (χ3n) is 2.89. The maximum atomic E-state index is 9.19. The van der Waals surface area contributed by atoms with E-state index in [1.807, 2.05) is 24.9 Å². The molecule has 90 valence electrons. The Kier molecular flexibility index (Phi) is 3.39. The molecular weight excluding hydrogens is 216 g/mol. The summed E-state index contributed by atoms with van der Waals surface area (Å²) in [6.45, 7) is 2.72. The highest BCUT2D eigenvalue weighted by atomic mass is 16.3. The van der Waals surface area contributed by atoms with Crippen molar-refractivity contribution in [2.75, 3.05) is 5.32 Å². The highest BCUT2D eigenvalue weighted by molar-refractivity contribution is 5.49. The molecule has 2 N–H and O–H groups in total. The summed E-state index contributed by atoms with van der Waals surface area (Å²) in [5, 5.41) is 16.6. The summed E-state index contributed by atoms with van der Waals surface area (Å²) < 4.78 is 1.84. The largest absolute Gasteiger partial charge is 0.392 e. The van der Waals surface area contributed by atoms with Crippen molar-refractivity contribution in [2.24, 2.45) is 7.05 Å². The van der Waals surface area contributed by atoms with E-state index in [-0.39, 0.29) is 6.61 Å². The van der Waals surface area contributed by atoms with Crippen molar-refractivity contribution in [2.45, 2.75) is 20.1 Å². The molecule has 2 heterocycles. The van der Waals surface area contributed by atoms with E-state index in [4.69, 9.17) is 0 Å². The second kappa shape index (κ2) is 4.97. The van der Waals surface area contributed by atoms with E-state index in [1.165, 1.54) is 0 Å². The van der Waals surface area contributed by atoms with Crippen LogP contribution in [0.4, 0.5) is 5.69 Å². The maximum Gasteiger partial charge on any atom is 0.0703 e. The number of aromatic nitrogens is 3. The molecule has 0 amide bonds. The number of aliphatic hydroxyl groups excluding tert-OH is 1. The lowest BCUT2D eigenvalue weighted by atomic mass is 10.2. The fourth-order valence-electron chi connectivity index (χ4n) is 1.63. The molecule has 0 unspecified atom stereocenters. The highest BCUT2D eigenvalue weighted by Crippen LogP contribution is 2.15. The highest BCUT2D eigenvalue weighted by Gasteiger charge is 2.05. The van der Waals surface area contributed by atoms with Gasteiger partial charge in [0.15, 0.2) is 0 Å². The summed E-state index contributed by atoms with van der Waals surface area (Å²) in [7, 11) is 1.92. The predicted molar refractivity (Wildman–Crippen MR) is 65.4 cm³/mol. The van der Waals surface area contributed by atoms with Gasteiger partial charge in [0.25, 0.3) is 0 Å². The molecule has 0 saturated carbocycles. The minimum Gasteiger partial charge on any atom is -0.392 e. The Labute approximate surface area is 100 Å². The quantitative estimate of drug-likeness (QED) is 0.832. The molecule has 5 nitrogen and oxygen atoms in total. The van der Waals surface area contributed by atoms with E-state index in [0.717, 1.165) is 22.5 Å². The fourth-order valence-corrected chi connectivity index (χ4v) is 1.63. The second-order valence-corrected chi connectivity index (χ2v) is 3.92. The van der Waals surface area contributed by atoms with Crippen LogP contribution in [0.5, 0.6) is 0 Å². The van der Waals surface area contributed by atoms with Gasteiger partial charge in [-0.2, -0.15) is 5.10 Å². The third-order valence-corrected chi connectivity index (χ3v) is 2.89. The summed E-state index contributed by atoms with van der Waals surface area (Å²) in [5.41, 5.74) is 3.98. The number of anilines is 1. The zero-order valence-corrected chi connectivity index (χ0v) is 10.0. The van der Waals surface area contributed by atoms with Crippen molar-refractivity contribution in [1.29, 1.82) is 0 Å². The zero-order valence-electron chi connectivity index (χ0n) is 10.0. The summed E-state index contributed by atoms with van der Waals surface area (Å²) >= 11 is 0. The van der Waals surface area contributed by atoms with E-state index in [0.29, 0.717) is 6.54 Å². The van der Waals surface area contributed by atoms with E-state index in [1.54, 1.807) is 18.5 Å². The molecule has 0 aliphatic heterocycles. The van der Waals surface area contributed by atoms with Gasteiger partial charge in [0.1, 0.15) is 0 Å². The van der Waals surface area contributed by atoms with Gasteiger partial charge in [-0.25, -0.2) is 0 Å². The summed E-state index contributed by atoms with van der Waals surface area (Å²) in [4.78, 5) is 4.04. The molecular formula is C12H16N4O. The number of nitrogens with zero attached hydrogens (tertiary/aromatic N) is 3. The number of aliphatic hydroxyl groups is 1. The van der Waals surface area contributed by atoms with Crippen LogP contribution in [0.1, 0.15) is 16.8 Å². The minimum absolute atomic E-state index is 0.0108. The number of hydrogen-bond acceptors (Lipinski definition) is 4. The van der Waals surface area contributed by atoms with Crippen molar-refractivity contribution in [1.82, 2.24) is 14.8 Å². The van der Waals surface area contributed by atoms with Crippen LogP contribution in [0.3, 0.4) is 0 Å². The molecule has 0 saturated heterocycles. The van der Waals surface area contributed by atoms with Gasteiger partial charge in [0.2, 0.25) is 0 Å². The topological polar surface area (TPSA) is 63.0 Å². The van der Waals surface area contributed by atoms with Gasteiger partial charge in [0, 0.05) is 36.6 Å². The standard InChI is InChI=1S/C12H16N4O/c1-9-11(6-15-16(9)2)5-14-12-7-13-4-3-10(12)8-17/h3-4,6-7,14,17H,5,8H2,1-2H3. The van der Waals surface area contributed by atoms with Crippen LogP contribution in [0, 0.1) is 6.92 Å². The maximum absolute atomic E-state index is 9.19. The Balaban J connectivity index is 2.10. The van der Waals surface area contributed by atoms with Gasteiger partial charge < -0.3 is 10.4 Å². The summed E-state index contributed by atoms with van der Waals surface area (Å²) in [6.07, 6.45) is 5.24. The first-order valence-electron chi connectivity index (χ1n) is 5.47. The molecule has 2 aromatic heterocycles. The molecule has 2 rings (SSSR count). The van der Waals surface area contributed by atoms with E-state index in [9.17, 15) is 5.11 Å². The van der Waals surface area contributed by atoms with Gasteiger partial charge in [-0.05, 0) is 13.0 Å². The molecule has 17 heavy (non-hydrogen) atoms. The molecule has 0 radical (unpaired) electrons. The van der Waals surface area contributed by atoms with Crippen LogP contribution in [0.25, 0.3) is 0 Å². The van der Waals surface area contributed by atoms with Crippen LogP contribution in [0.2, 0.25) is 0 Å². The van der Waals surface area contributed by atoms with Crippen molar-refractivity contribution < 1.29 is 5.11 Å². The normalized spacial score (nSPS) is 10.5. The van der Waals surface area contributed by atoms with Crippen LogP contribution in [-0.4, -0.2) is 19.9 Å². The van der Waals surface area contributed by atoms with Crippen LogP contribution < -0.4 is 5.32 Å². The molecule has 0 aromatic carbocycles. The first-order valence-corrected chi connectivity index (χ1v) is 5.47. The molecule has 0 atom stereocenters. The van der Waals surface area contributed by atoms with E-state index < -0.39 is 0 Å². The smallest absolute Gasteiger partial charge is 0.0703 e.